The number of ether oxygens (including phenoxy) is 2. The number of hydrogen-bond donors (Lipinski definition) is 1. The second kappa shape index (κ2) is 11.6. The maximum atomic E-state index is 13.8. The van der Waals surface area contributed by atoms with E-state index in [1.165, 1.54) is 32.9 Å². The fraction of sp³-hybridized carbons (Fsp3) is 0.679. The maximum Gasteiger partial charge on any atom is 0.418 e. The molecule has 0 saturated carbocycles. The van der Waals surface area contributed by atoms with Crippen molar-refractivity contribution >= 4 is 11.6 Å². The Bertz CT molecular complexity index is 1200. The molecular formula is C28H38F4N6O2. The number of anilines is 2. The highest BCUT2D eigenvalue weighted by molar-refractivity contribution is 5.52. The third-order valence-corrected chi connectivity index (χ3v) is 8.34. The summed E-state index contributed by atoms with van der Waals surface area (Å²) in [6.07, 6.45) is -0.230. The zero-order valence-corrected chi connectivity index (χ0v) is 23.3. The Morgan fingerprint density at radius 2 is 1.88 bits per heavy atom. The zero-order chi connectivity index (χ0) is 28.6. The van der Waals surface area contributed by atoms with Gasteiger partial charge in [0.2, 0.25) is 0 Å². The molecule has 12 heteroatoms. The molecule has 6 heterocycles. The first-order valence-electron chi connectivity index (χ1n) is 14.1. The van der Waals surface area contributed by atoms with Gasteiger partial charge in [-0.2, -0.15) is 23.1 Å². The van der Waals surface area contributed by atoms with Crippen LogP contribution in [0.2, 0.25) is 0 Å². The lowest BCUT2D eigenvalue weighted by Crippen LogP contribution is -2.36. The van der Waals surface area contributed by atoms with Crippen molar-refractivity contribution in [3.63, 3.8) is 0 Å². The molecule has 4 unspecified atom stereocenters. The van der Waals surface area contributed by atoms with Crippen LogP contribution in [-0.4, -0.2) is 65.4 Å². The van der Waals surface area contributed by atoms with Crippen molar-refractivity contribution < 1.29 is 27.0 Å². The van der Waals surface area contributed by atoms with Crippen molar-refractivity contribution in [2.45, 2.75) is 83.5 Å². The van der Waals surface area contributed by atoms with Crippen molar-refractivity contribution in [1.29, 1.82) is 0 Å². The highest BCUT2D eigenvalue weighted by atomic mass is 19.4. The smallest absolute Gasteiger partial charge is 0.418 e. The third kappa shape index (κ3) is 6.12. The normalized spacial score (nSPS) is 26.6. The van der Waals surface area contributed by atoms with Crippen LogP contribution in [0.15, 0.2) is 6.07 Å². The van der Waals surface area contributed by atoms with Crippen molar-refractivity contribution in [3.05, 3.63) is 34.1 Å². The van der Waals surface area contributed by atoms with Crippen LogP contribution in [0, 0.1) is 12.8 Å². The van der Waals surface area contributed by atoms with Crippen LogP contribution in [0.3, 0.4) is 0 Å². The summed E-state index contributed by atoms with van der Waals surface area (Å²) in [5.74, 6) is 1.30. The molecule has 2 N–H and O–H groups in total. The number of hydrogen-bond acceptors (Lipinski definition) is 8. The Hall–Kier alpha value is -2.73. The average molecular weight is 567 g/mol. The summed E-state index contributed by atoms with van der Waals surface area (Å²) in [5, 5.41) is 0. The number of nitrogen functional groups attached to an aromatic ring is 1. The maximum absolute atomic E-state index is 13.8. The van der Waals surface area contributed by atoms with Crippen LogP contribution < -0.4 is 15.4 Å². The molecule has 0 bridgehead atoms. The molecule has 0 spiro atoms. The lowest BCUT2D eigenvalue weighted by atomic mass is 9.94. The van der Waals surface area contributed by atoms with Gasteiger partial charge in [0.25, 0.3) is 0 Å². The summed E-state index contributed by atoms with van der Waals surface area (Å²) in [6, 6.07) is 2.06. The minimum Gasteiger partial charge on any atom is -0.467 e. The first-order valence-corrected chi connectivity index (χ1v) is 14.1. The second-order valence-corrected chi connectivity index (χ2v) is 11.4. The molecule has 40 heavy (non-hydrogen) atoms. The highest BCUT2D eigenvalue weighted by Crippen LogP contribution is 2.42. The molecule has 220 valence electrons. The van der Waals surface area contributed by atoms with Crippen LogP contribution in [0.4, 0.5) is 29.2 Å². The molecule has 4 aliphatic rings. The molecule has 4 aliphatic heterocycles. The molecule has 4 atom stereocenters. The van der Waals surface area contributed by atoms with Gasteiger partial charge in [0.15, 0.2) is 0 Å². The molecule has 6 rings (SSSR count). The third-order valence-electron chi connectivity index (χ3n) is 8.34. The summed E-state index contributed by atoms with van der Waals surface area (Å²) in [7, 11) is 1.48. The van der Waals surface area contributed by atoms with Crippen molar-refractivity contribution in [2.75, 3.05) is 43.9 Å². The summed E-state index contributed by atoms with van der Waals surface area (Å²) in [5.41, 5.74) is 6.22. The van der Waals surface area contributed by atoms with Gasteiger partial charge in [-0.05, 0) is 63.1 Å². The van der Waals surface area contributed by atoms with Gasteiger partial charge in [-0.3, -0.25) is 4.90 Å². The first kappa shape index (κ1) is 28.8. The highest BCUT2D eigenvalue weighted by Gasteiger charge is 2.40. The summed E-state index contributed by atoms with van der Waals surface area (Å²) in [6.45, 7) is 7.18. The lowest BCUT2D eigenvalue weighted by molar-refractivity contribution is -0.140. The SMILES string of the molecule is COc1nc2c(c(N3CCCC(C)C3)n1)COC(c1cc(N)nc(C)c1C(F)(F)F)C2.FC1CC2CCCN2C1. The van der Waals surface area contributed by atoms with Gasteiger partial charge in [-0.1, -0.05) is 6.92 Å². The number of alkyl halides is 4. The van der Waals surface area contributed by atoms with E-state index in [1.807, 2.05) is 0 Å². The van der Waals surface area contributed by atoms with Crippen LogP contribution >= 0.6 is 0 Å². The van der Waals surface area contributed by atoms with E-state index < -0.39 is 24.0 Å². The molecule has 3 fully saturated rings. The van der Waals surface area contributed by atoms with Crippen LogP contribution in [0.1, 0.15) is 73.2 Å². The fourth-order valence-corrected chi connectivity index (χ4v) is 6.54. The first-order chi connectivity index (χ1) is 19.0. The van der Waals surface area contributed by atoms with Crippen LogP contribution in [-0.2, 0) is 23.9 Å². The number of aromatic nitrogens is 3. The Kier molecular flexibility index (Phi) is 8.37. The topological polar surface area (TPSA) is 89.6 Å². The number of pyridine rings is 1. The van der Waals surface area contributed by atoms with E-state index in [2.05, 4.69) is 31.7 Å². The van der Waals surface area contributed by atoms with Gasteiger partial charge in [0.1, 0.15) is 17.8 Å². The van der Waals surface area contributed by atoms with Gasteiger partial charge in [-0.15, -0.1) is 0 Å². The molecule has 8 nitrogen and oxygen atoms in total. The predicted octanol–water partition coefficient (Wildman–Crippen LogP) is 5.03. The van der Waals surface area contributed by atoms with E-state index in [0.29, 0.717) is 24.2 Å². The number of nitrogens with zero attached hydrogens (tertiary/aromatic N) is 5. The van der Waals surface area contributed by atoms with Gasteiger partial charge < -0.3 is 20.1 Å². The Labute approximate surface area is 232 Å². The Morgan fingerprint density at radius 1 is 1.10 bits per heavy atom. The molecule has 0 amide bonds. The van der Waals surface area contributed by atoms with Gasteiger partial charge in [0.05, 0.1) is 36.8 Å². The number of methoxy groups -OCH3 is 1. The molecule has 0 aliphatic carbocycles. The molecule has 0 radical (unpaired) electrons. The second-order valence-electron chi connectivity index (χ2n) is 11.4. The van der Waals surface area contributed by atoms with Crippen molar-refractivity contribution in [1.82, 2.24) is 19.9 Å². The fourth-order valence-electron chi connectivity index (χ4n) is 6.54. The van der Waals surface area contributed by atoms with Gasteiger partial charge in [0, 0.05) is 37.7 Å². The van der Waals surface area contributed by atoms with E-state index in [-0.39, 0.29) is 36.1 Å². The molecule has 0 aromatic carbocycles. The van der Waals surface area contributed by atoms with E-state index in [1.54, 1.807) is 0 Å². The van der Waals surface area contributed by atoms with Crippen LogP contribution in [0.5, 0.6) is 6.01 Å². The van der Waals surface area contributed by atoms with Gasteiger partial charge >= 0.3 is 12.2 Å². The quantitative estimate of drug-likeness (QED) is 0.518. The number of piperidine rings is 1. The van der Waals surface area contributed by atoms with E-state index >= 15 is 0 Å². The van der Waals surface area contributed by atoms with E-state index in [4.69, 9.17) is 15.2 Å². The lowest BCUT2D eigenvalue weighted by Gasteiger charge is -2.35. The standard InChI is InChI=1S/C21H26F3N5O2.C7H12FN/c1-11-5-4-6-29(9-11)19-14-10-31-16(8-15(14)27-20(28-19)30-3)13-7-17(25)26-12(2)18(13)21(22,23)24;8-6-4-7-2-1-3-9(7)5-6/h7,11,16H,4-6,8-10H2,1-3H3,(H2,25,26);6-7H,1-5H2. The summed E-state index contributed by atoms with van der Waals surface area (Å²) in [4.78, 5) is 17.3. The van der Waals surface area contributed by atoms with Crippen molar-refractivity contribution in [3.8, 4) is 6.01 Å². The predicted molar refractivity (Wildman–Crippen MR) is 143 cm³/mol. The summed E-state index contributed by atoms with van der Waals surface area (Å²) < 4.78 is 65.1. The van der Waals surface area contributed by atoms with E-state index in [0.717, 1.165) is 50.3 Å². The van der Waals surface area contributed by atoms with Gasteiger partial charge in [-0.25, -0.2) is 9.37 Å². The molecular weight excluding hydrogens is 528 g/mol. The minimum atomic E-state index is -4.57. The Morgan fingerprint density at radius 3 is 2.58 bits per heavy atom. The number of fused-ring (bicyclic) bond motifs is 2. The monoisotopic (exact) mass is 566 g/mol. The average Bonchev–Trinajstić information content (AvgIpc) is 3.47. The van der Waals surface area contributed by atoms with Crippen molar-refractivity contribution in [2.24, 2.45) is 5.92 Å². The zero-order valence-electron chi connectivity index (χ0n) is 23.3. The molecule has 2 aromatic rings. The van der Waals surface area contributed by atoms with E-state index in [9.17, 15) is 17.6 Å². The number of aryl methyl sites for hydroxylation is 1. The summed E-state index contributed by atoms with van der Waals surface area (Å²) >= 11 is 0. The minimum absolute atomic E-state index is 0.0196. The number of rotatable bonds is 3. The Balaban J connectivity index is 0.000000301. The number of halogens is 4. The molecule has 2 aromatic heterocycles. The molecule has 3 saturated heterocycles. The largest absolute Gasteiger partial charge is 0.467 e. The number of nitrogens with two attached hydrogens (primary N) is 1. The van der Waals surface area contributed by atoms with Crippen LogP contribution in [0.25, 0.3) is 0 Å².